The average Bonchev–Trinajstić information content (AvgIpc) is 1.60. The van der Waals surface area contributed by atoms with E-state index in [0.29, 0.717) is 28.3 Å². The molecule has 12 nitrogen and oxygen atoms in total. The van der Waals surface area contributed by atoms with Crippen LogP contribution in [0.4, 0.5) is 0 Å². The Hall–Kier alpha value is -12.0. The normalized spacial score (nSPS) is 12.4. The zero-order valence-corrected chi connectivity index (χ0v) is 98.3. The van der Waals surface area contributed by atoms with Gasteiger partial charge in [-0.2, -0.15) is 0 Å². The van der Waals surface area contributed by atoms with Gasteiger partial charge >= 0.3 is 0 Å². The first-order chi connectivity index (χ1) is 67.5. The molecule has 6 aromatic heterocycles. The second-order valence-electron chi connectivity index (χ2n) is 48.8. The van der Waals surface area contributed by atoms with Crippen molar-refractivity contribution in [2.75, 3.05) is 0 Å². The monoisotopic (exact) mass is 2490 g/mol. The molecule has 0 aliphatic heterocycles. The van der Waals surface area contributed by atoms with Gasteiger partial charge < -0.3 is 15.3 Å². The summed E-state index contributed by atoms with van der Waals surface area (Å²) in [7, 11) is 0. The summed E-state index contributed by atoms with van der Waals surface area (Å²) in [6.45, 7) is 69.9. The number of rotatable bonds is 14. The van der Waals surface area contributed by atoms with Crippen LogP contribution in [-0.4, -0.2) is 58.9 Å². The van der Waals surface area contributed by atoms with Crippen LogP contribution in [0.25, 0.3) is 151 Å². The van der Waals surface area contributed by atoms with E-state index in [1.165, 1.54) is 61.2 Å². The Morgan fingerprint density at radius 2 is 0.531 bits per heavy atom. The van der Waals surface area contributed by atoms with Gasteiger partial charge in [-0.25, -0.2) is 15.0 Å². The molecule has 0 radical (unpaired) electrons. The Kier molecular flexibility index (Phi) is 32.7. The van der Waals surface area contributed by atoms with E-state index in [-0.39, 0.29) is 141 Å². The van der Waals surface area contributed by atoms with Crippen molar-refractivity contribution in [1.29, 1.82) is 0 Å². The Morgan fingerprint density at radius 1 is 0.231 bits per heavy atom. The van der Waals surface area contributed by atoms with E-state index in [1.54, 1.807) is 18.2 Å². The number of phenols is 3. The fourth-order valence-corrected chi connectivity index (χ4v) is 19.4. The second kappa shape index (κ2) is 42.9. The Bertz CT molecular complexity index is 7770. The summed E-state index contributed by atoms with van der Waals surface area (Å²) in [5.74, 6) is 3.28. The van der Waals surface area contributed by atoms with Gasteiger partial charge in [0.05, 0.1) is 66.9 Å². The molecule has 0 saturated carbocycles. The number of nitrogens with zero attached hydrogens (tertiary/aromatic N) is 9. The van der Waals surface area contributed by atoms with E-state index in [0.717, 1.165) is 123 Å². The van der Waals surface area contributed by atoms with Crippen LogP contribution in [0.3, 0.4) is 0 Å². The minimum absolute atomic E-state index is 0. The number of pyridine rings is 3. The van der Waals surface area contributed by atoms with E-state index in [2.05, 4.69) is 421 Å². The Balaban J connectivity index is 0.000000183. The summed E-state index contributed by atoms with van der Waals surface area (Å²) >= 11 is 0. The summed E-state index contributed by atoms with van der Waals surface area (Å²) in [4.78, 5) is 30.5. The van der Waals surface area contributed by atoms with E-state index in [4.69, 9.17) is 24.9 Å². The van der Waals surface area contributed by atoms with Crippen LogP contribution >= 0.6 is 0 Å². The van der Waals surface area contributed by atoms with Crippen LogP contribution in [0.2, 0.25) is 0 Å². The molecule has 3 N–H and O–H groups in total. The van der Waals surface area contributed by atoms with Gasteiger partial charge in [-0.3, -0.25) is 28.7 Å². The van der Waals surface area contributed by atoms with Gasteiger partial charge in [-0.05, 0) is 189 Å². The summed E-state index contributed by atoms with van der Waals surface area (Å²) in [6, 6.07) is 101. The summed E-state index contributed by atoms with van der Waals surface area (Å²) in [5.41, 5.74) is 34.9. The van der Waals surface area contributed by atoms with Crippen molar-refractivity contribution < 1.29 is 78.5 Å². The molecule has 0 aliphatic rings. The third kappa shape index (κ3) is 23.5. The predicted octanol–water partition coefficient (Wildman–Crippen LogP) is 34.7. The molecule has 12 aromatic carbocycles. The van der Waals surface area contributed by atoms with Crippen LogP contribution in [0.1, 0.15) is 288 Å². The summed E-state index contributed by atoms with van der Waals surface area (Å²) in [5, 5.41) is 33.9. The largest absolute Gasteiger partial charge is 0.507 e. The van der Waals surface area contributed by atoms with Gasteiger partial charge in [0.2, 0.25) is 0 Å². The Labute approximate surface area is 917 Å². The maximum absolute atomic E-state index is 11.4. The predicted molar refractivity (Wildman–Crippen MR) is 603 cm³/mol. The number of phenolic OH excluding ortho intramolecular Hbond substituents is 3. The van der Waals surface area contributed by atoms with Crippen molar-refractivity contribution in [2.24, 2.45) is 0 Å². The molecule has 6 heterocycles. The number of fused-ring (bicyclic) bond motifs is 3. The fraction of sp³-hybridized carbons (Fsp3) is 0.318. The zero-order chi connectivity index (χ0) is 104. The molecule has 0 unspecified atom stereocenters. The average molecular weight is 2490 g/mol. The van der Waals surface area contributed by atoms with Gasteiger partial charge in [0, 0.05) is 98.9 Å². The number of imidazole rings is 3. The molecule has 15 heteroatoms. The van der Waals surface area contributed by atoms with Crippen LogP contribution in [0.15, 0.2) is 279 Å². The van der Waals surface area contributed by atoms with Crippen molar-refractivity contribution in [3.63, 3.8) is 0 Å². The molecule has 0 spiro atoms. The van der Waals surface area contributed by atoms with E-state index >= 15 is 0 Å². The number of para-hydroxylation sites is 7. The number of hydrogen-bond donors (Lipinski definition) is 3. The van der Waals surface area contributed by atoms with Crippen LogP contribution < -0.4 is 0 Å². The molecule has 18 rings (SSSR count). The maximum atomic E-state index is 11.4. The topological polar surface area (TPSA) is 153 Å². The summed E-state index contributed by atoms with van der Waals surface area (Å²) < 4.78 is 6.91. The molecular formula is C132H144N9O3Pt3-3. The Morgan fingerprint density at radius 3 is 0.912 bits per heavy atom. The molecule has 18 aromatic rings. The third-order valence-electron chi connectivity index (χ3n) is 27.6. The first-order valence-corrected chi connectivity index (χ1v) is 51.0. The van der Waals surface area contributed by atoms with Gasteiger partial charge in [-0.1, -0.05) is 388 Å². The van der Waals surface area contributed by atoms with E-state index in [1.807, 2.05) is 91.4 Å². The van der Waals surface area contributed by atoms with Crippen molar-refractivity contribution in [3.05, 3.63) is 359 Å². The summed E-state index contributed by atoms with van der Waals surface area (Å²) in [6.07, 6.45) is 5.62. The molecule has 0 saturated heterocycles. The SMILES string of the molecule is CC(C)(C)c1cc(-c2[c-]c(-c3ccccn3)ccc2)c2nc(-c3ccccc3O)n(-c3c(C(C)(C)C)cccc3C(C)(C)C)c2c1.CC(C)(C)c1ccnc(-c2[c-]c(-c3cccc4c3nc(-c3ccccc3O)n4-c3c(C(C)(C)C)cccc3C(C)(C)C)ccc2)c1.CC(C)c1cccc(C(C)C)c1-n1c(-c2ccccc2O)nc2c(-c3[c-]c(-c4cc(C(C)(C)C)ccn4)cc(C(C)(C)C)c3)cc(C(C)(C)C)cc21.[Pt].[Pt].[Pt]. The zero-order valence-electron chi connectivity index (χ0n) is 91.5. The van der Waals surface area contributed by atoms with Crippen molar-refractivity contribution >= 4 is 33.1 Å². The first-order valence-electron chi connectivity index (χ1n) is 51.0. The number of benzene rings is 12. The first kappa shape index (κ1) is 112. The van der Waals surface area contributed by atoms with Crippen molar-refractivity contribution in [2.45, 2.75) is 275 Å². The van der Waals surface area contributed by atoms with E-state index < -0.39 is 0 Å². The molecule has 768 valence electrons. The molecular weight excluding hydrogens is 2340 g/mol. The fourth-order valence-electron chi connectivity index (χ4n) is 19.4. The number of aromatic hydroxyl groups is 3. The number of aromatic nitrogens is 9. The minimum atomic E-state index is -0.154. The molecule has 0 aliphatic carbocycles. The van der Waals surface area contributed by atoms with Crippen LogP contribution in [-0.2, 0) is 112 Å². The smallest absolute Gasteiger partial charge is 0.148 e. The van der Waals surface area contributed by atoms with Crippen LogP contribution in [0.5, 0.6) is 17.2 Å². The molecule has 0 fully saturated rings. The standard InChI is InChI=1S/C48H56N3O.2C42H44N3O.3Pt/c1-29(2)36-18-16-19-37(30(3)4)44(36)51-41-28-35(48(11,12)13)26-39(43(41)50-45(51)38-17-14-15-20-42(38)52)31-23-32(25-34(24-31)47(8,9)10)40-27-33(21-22-49-40)46(5,6)7;1-40(2,3)29-23-24-43-34(26-29)28-16-12-15-27(25-28)30-18-13-21-35-37(30)44-39(31-17-10-11-22-36(31)46)45(35)38-32(41(4,5)6)19-14-20-33(38)42(7,8)9;1-40(2,3)29-25-31(27-16-14-17-28(24-27)34-21-12-13-23-43-34)37-35(26-29)45(39(44-37)30-18-10-11-22-36(30)46)38-32(41(4,5)6)19-15-20-33(38)42(7,8)9;;;/h14-22,24-30,52H,1-13H3;10-24,26,46H,1-9H3;10-23,25-26,46H,1-9H3;;;/q3*-1;;;. The molecule has 147 heavy (non-hydrogen) atoms. The maximum Gasteiger partial charge on any atom is 0.148 e. The molecule has 0 bridgehead atoms. The third-order valence-corrected chi connectivity index (χ3v) is 27.6. The molecule has 0 atom stereocenters. The minimum Gasteiger partial charge on any atom is -0.507 e. The van der Waals surface area contributed by atoms with Gasteiger partial charge in [-0.15, -0.1) is 89.0 Å². The van der Waals surface area contributed by atoms with Crippen molar-refractivity contribution in [3.8, 4) is 136 Å². The second-order valence-corrected chi connectivity index (χ2v) is 48.8. The van der Waals surface area contributed by atoms with Gasteiger partial charge in [0.1, 0.15) is 34.7 Å². The van der Waals surface area contributed by atoms with Gasteiger partial charge in [0.15, 0.2) is 0 Å². The quantitative estimate of drug-likeness (QED) is 0.0903. The molecule has 0 amide bonds. The van der Waals surface area contributed by atoms with Gasteiger partial charge in [0.25, 0.3) is 0 Å². The van der Waals surface area contributed by atoms with Crippen LogP contribution in [0, 0.1) is 18.2 Å². The number of hydrogen-bond acceptors (Lipinski definition) is 9. The van der Waals surface area contributed by atoms with Crippen molar-refractivity contribution in [1.82, 2.24) is 43.6 Å². The van der Waals surface area contributed by atoms with E-state index in [9.17, 15) is 15.3 Å².